The molecule has 1 aromatic carbocycles. The van der Waals surface area contributed by atoms with Gasteiger partial charge in [-0.1, -0.05) is 17.7 Å². The number of hydrogen-bond acceptors (Lipinski definition) is 6. The number of esters is 2. The maximum atomic E-state index is 11.5. The molecule has 0 bridgehead atoms. The average molecular weight is 303 g/mol. The summed E-state index contributed by atoms with van der Waals surface area (Å²) in [7, 11) is 1.19. The molecule has 0 spiro atoms. The van der Waals surface area contributed by atoms with Crippen molar-refractivity contribution in [3.8, 4) is 0 Å². The molecule has 0 saturated heterocycles. The molecule has 7 heteroatoms. The third-order valence-corrected chi connectivity index (χ3v) is 2.89. The van der Waals surface area contributed by atoms with Crippen LogP contribution in [0.4, 0.5) is 0 Å². The zero-order valence-electron chi connectivity index (χ0n) is 11.0. The summed E-state index contributed by atoms with van der Waals surface area (Å²) >= 11 is 5.83. The molecule has 6 nitrogen and oxygen atoms in total. The van der Waals surface area contributed by atoms with Crippen LogP contribution in [0, 0.1) is 0 Å². The number of ether oxygens (including phenoxy) is 2. The lowest BCUT2D eigenvalue weighted by Crippen LogP contribution is -2.30. The lowest BCUT2D eigenvalue weighted by molar-refractivity contribution is -0.159. The topological polar surface area (TPSA) is 93.1 Å². The molecule has 2 N–H and O–H groups in total. The fourth-order valence-electron chi connectivity index (χ4n) is 1.53. The van der Waals surface area contributed by atoms with E-state index in [0.29, 0.717) is 0 Å². The van der Waals surface area contributed by atoms with Crippen molar-refractivity contribution < 1.29 is 29.3 Å². The molecule has 110 valence electrons. The second kappa shape index (κ2) is 7.23. The average Bonchev–Trinajstić information content (AvgIpc) is 2.45. The highest BCUT2D eigenvalue weighted by atomic mass is 35.5. The lowest BCUT2D eigenvalue weighted by Gasteiger charge is -2.17. The van der Waals surface area contributed by atoms with E-state index in [2.05, 4.69) is 9.47 Å². The van der Waals surface area contributed by atoms with E-state index in [0.717, 1.165) is 0 Å². The number of aliphatic hydroxyl groups excluding tert-OH is 2. The SMILES string of the molecule is CCOC(=O)C(O)C(O)c1ccc(Cl)c(C(=O)OC)c1. The fourth-order valence-corrected chi connectivity index (χ4v) is 1.73. The van der Waals surface area contributed by atoms with E-state index in [1.165, 1.54) is 25.3 Å². The van der Waals surface area contributed by atoms with Crippen LogP contribution in [0.5, 0.6) is 0 Å². The highest BCUT2D eigenvalue weighted by Gasteiger charge is 2.28. The second-order valence-electron chi connectivity index (χ2n) is 3.87. The van der Waals surface area contributed by atoms with Gasteiger partial charge >= 0.3 is 11.9 Å². The van der Waals surface area contributed by atoms with Gasteiger partial charge in [0.15, 0.2) is 6.10 Å². The maximum Gasteiger partial charge on any atom is 0.339 e. The zero-order valence-corrected chi connectivity index (χ0v) is 11.8. The van der Waals surface area contributed by atoms with Crippen LogP contribution in [-0.4, -0.2) is 42.0 Å². The summed E-state index contributed by atoms with van der Waals surface area (Å²) in [6.45, 7) is 1.66. The molecular formula is C13H15ClO6. The Balaban J connectivity index is 3.02. The van der Waals surface area contributed by atoms with Gasteiger partial charge in [-0.15, -0.1) is 0 Å². The minimum atomic E-state index is -1.75. The van der Waals surface area contributed by atoms with Crippen molar-refractivity contribution in [3.63, 3.8) is 0 Å². The molecule has 0 heterocycles. The van der Waals surface area contributed by atoms with Gasteiger partial charge in [-0.05, 0) is 24.6 Å². The molecular weight excluding hydrogens is 288 g/mol. The van der Waals surface area contributed by atoms with Crippen LogP contribution < -0.4 is 0 Å². The van der Waals surface area contributed by atoms with Crippen LogP contribution >= 0.6 is 11.6 Å². The second-order valence-corrected chi connectivity index (χ2v) is 4.28. The van der Waals surface area contributed by atoms with Crippen molar-refractivity contribution in [2.24, 2.45) is 0 Å². The van der Waals surface area contributed by atoms with E-state index in [1.54, 1.807) is 6.92 Å². The van der Waals surface area contributed by atoms with Gasteiger partial charge in [0.05, 0.1) is 24.3 Å². The van der Waals surface area contributed by atoms with E-state index in [9.17, 15) is 19.8 Å². The van der Waals surface area contributed by atoms with E-state index in [4.69, 9.17) is 11.6 Å². The van der Waals surface area contributed by atoms with Crippen molar-refractivity contribution in [2.75, 3.05) is 13.7 Å². The predicted octanol–water partition coefficient (Wildman–Crippen LogP) is 1.08. The number of aliphatic hydroxyl groups is 2. The molecule has 0 aliphatic rings. The predicted molar refractivity (Wildman–Crippen MR) is 70.4 cm³/mol. The van der Waals surface area contributed by atoms with Gasteiger partial charge in [-0.25, -0.2) is 9.59 Å². The summed E-state index contributed by atoms with van der Waals surface area (Å²) in [5, 5.41) is 19.7. The molecule has 1 rings (SSSR count). The van der Waals surface area contributed by atoms with Crippen molar-refractivity contribution in [1.82, 2.24) is 0 Å². The van der Waals surface area contributed by atoms with Crippen molar-refractivity contribution in [2.45, 2.75) is 19.1 Å². The molecule has 20 heavy (non-hydrogen) atoms. The van der Waals surface area contributed by atoms with Crippen molar-refractivity contribution >= 4 is 23.5 Å². The van der Waals surface area contributed by atoms with E-state index in [-0.39, 0.29) is 22.8 Å². The summed E-state index contributed by atoms with van der Waals surface area (Å²) in [5.41, 5.74) is 0.178. The van der Waals surface area contributed by atoms with Gasteiger partial charge in [0.2, 0.25) is 0 Å². The van der Waals surface area contributed by atoms with Crippen LogP contribution in [0.15, 0.2) is 18.2 Å². The smallest absolute Gasteiger partial charge is 0.339 e. The number of halogens is 1. The first-order valence-corrected chi connectivity index (χ1v) is 6.20. The molecule has 0 aromatic heterocycles. The Morgan fingerprint density at radius 2 is 2.00 bits per heavy atom. The molecule has 2 unspecified atom stereocenters. The quantitative estimate of drug-likeness (QED) is 0.791. The minimum Gasteiger partial charge on any atom is -0.465 e. The van der Waals surface area contributed by atoms with Gasteiger partial charge in [0.25, 0.3) is 0 Å². The Hall–Kier alpha value is -1.63. The highest BCUT2D eigenvalue weighted by Crippen LogP contribution is 2.24. The number of benzene rings is 1. The first kappa shape index (κ1) is 16.4. The number of rotatable bonds is 5. The molecule has 2 atom stereocenters. The van der Waals surface area contributed by atoms with Crippen LogP contribution in [0.2, 0.25) is 5.02 Å². The molecule has 0 fully saturated rings. The summed E-state index contributed by atoms with van der Waals surface area (Å²) in [6, 6.07) is 4.01. The monoisotopic (exact) mass is 302 g/mol. The van der Waals surface area contributed by atoms with Gasteiger partial charge < -0.3 is 19.7 Å². The molecule has 1 aromatic rings. The molecule has 0 radical (unpaired) electrons. The Morgan fingerprint density at radius 3 is 2.55 bits per heavy atom. The fraction of sp³-hybridized carbons (Fsp3) is 0.385. The zero-order chi connectivity index (χ0) is 15.3. The van der Waals surface area contributed by atoms with Crippen LogP contribution in [0.3, 0.4) is 0 Å². The van der Waals surface area contributed by atoms with Crippen LogP contribution in [0.25, 0.3) is 0 Å². The normalized spacial score (nSPS) is 13.4. The third-order valence-electron chi connectivity index (χ3n) is 2.56. The summed E-state index contributed by atoms with van der Waals surface area (Å²) in [6.07, 6.45) is -3.28. The first-order chi connectivity index (χ1) is 9.42. The Morgan fingerprint density at radius 1 is 1.35 bits per heavy atom. The van der Waals surface area contributed by atoms with Crippen molar-refractivity contribution in [3.05, 3.63) is 34.3 Å². The summed E-state index contributed by atoms with van der Waals surface area (Å²) in [4.78, 5) is 22.8. The van der Waals surface area contributed by atoms with Gasteiger partial charge in [-0.2, -0.15) is 0 Å². The standard InChI is InChI=1S/C13H15ClO6/c1-3-20-13(18)11(16)10(15)7-4-5-9(14)8(6-7)12(17)19-2/h4-6,10-11,15-16H,3H2,1-2H3. The van der Waals surface area contributed by atoms with Crippen molar-refractivity contribution in [1.29, 1.82) is 0 Å². The van der Waals surface area contributed by atoms with Gasteiger partial charge in [0.1, 0.15) is 6.10 Å². The highest BCUT2D eigenvalue weighted by molar-refractivity contribution is 6.33. The largest absolute Gasteiger partial charge is 0.465 e. The number of hydrogen-bond donors (Lipinski definition) is 2. The van der Waals surface area contributed by atoms with E-state index >= 15 is 0 Å². The third kappa shape index (κ3) is 3.69. The maximum absolute atomic E-state index is 11.5. The Bertz CT molecular complexity index is 502. The van der Waals surface area contributed by atoms with E-state index in [1.807, 2.05) is 0 Å². The van der Waals surface area contributed by atoms with Gasteiger partial charge in [-0.3, -0.25) is 0 Å². The Kier molecular flexibility index (Phi) is 5.94. The summed E-state index contributed by atoms with van der Waals surface area (Å²) < 4.78 is 9.14. The summed E-state index contributed by atoms with van der Waals surface area (Å²) in [5.74, 6) is -1.63. The molecule has 0 aliphatic carbocycles. The molecule has 0 saturated carbocycles. The number of carbonyl (C=O) groups is 2. The number of methoxy groups -OCH3 is 1. The van der Waals surface area contributed by atoms with Crippen LogP contribution in [0.1, 0.15) is 28.9 Å². The van der Waals surface area contributed by atoms with Crippen LogP contribution in [-0.2, 0) is 14.3 Å². The molecule has 0 amide bonds. The van der Waals surface area contributed by atoms with Gasteiger partial charge in [0, 0.05) is 0 Å². The number of carbonyl (C=O) groups excluding carboxylic acids is 2. The minimum absolute atomic E-state index is 0.0294. The first-order valence-electron chi connectivity index (χ1n) is 5.82. The Labute approximate surface area is 120 Å². The molecule has 0 aliphatic heterocycles. The van der Waals surface area contributed by atoms with E-state index < -0.39 is 24.1 Å². The lowest BCUT2D eigenvalue weighted by atomic mass is 10.0.